The van der Waals surface area contributed by atoms with Crippen LogP contribution in [0, 0.1) is 6.92 Å². The number of carbonyl (C=O) groups excluding carboxylic acids is 1. The van der Waals surface area contributed by atoms with Crippen molar-refractivity contribution in [2.45, 2.75) is 43.7 Å². The number of aryl methyl sites for hydroxylation is 1. The molecule has 1 aliphatic rings. The van der Waals surface area contributed by atoms with E-state index < -0.39 is 15.6 Å². The van der Waals surface area contributed by atoms with E-state index in [4.69, 9.17) is 9.47 Å². The van der Waals surface area contributed by atoms with Gasteiger partial charge in [0.1, 0.15) is 17.1 Å². The summed E-state index contributed by atoms with van der Waals surface area (Å²) in [7, 11) is -0.766. The molecule has 2 aromatic carbocycles. The lowest BCUT2D eigenvalue weighted by atomic mass is 9.89. The van der Waals surface area contributed by atoms with Crippen LogP contribution in [0.15, 0.2) is 47.4 Å². The van der Waals surface area contributed by atoms with Gasteiger partial charge in [-0.3, -0.25) is 4.79 Å². The van der Waals surface area contributed by atoms with Gasteiger partial charge in [-0.15, -0.1) is 0 Å². The molecule has 1 atom stereocenters. The first-order chi connectivity index (χ1) is 14.0. The highest BCUT2D eigenvalue weighted by atomic mass is 32.2. The van der Waals surface area contributed by atoms with Crippen LogP contribution in [0.5, 0.6) is 11.5 Å². The minimum atomic E-state index is -3.75. The number of fused-ring (bicyclic) bond motifs is 1. The Morgan fingerprint density at radius 2 is 1.90 bits per heavy atom. The number of sulfonamides is 1. The minimum Gasteiger partial charge on any atom is -0.497 e. The van der Waals surface area contributed by atoms with E-state index in [1.165, 1.54) is 7.05 Å². The van der Waals surface area contributed by atoms with Crippen molar-refractivity contribution in [3.8, 4) is 11.5 Å². The lowest BCUT2D eigenvalue weighted by Crippen LogP contribution is -2.44. The van der Waals surface area contributed by atoms with Gasteiger partial charge in [0, 0.05) is 25.1 Å². The van der Waals surface area contributed by atoms with Crippen molar-refractivity contribution in [1.82, 2.24) is 9.62 Å². The Morgan fingerprint density at radius 3 is 2.53 bits per heavy atom. The van der Waals surface area contributed by atoms with E-state index in [0.717, 1.165) is 15.4 Å². The van der Waals surface area contributed by atoms with Gasteiger partial charge < -0.3 is 14.8 Å². The van der Waals surface area contributed by atoms with Crippen LogP contribution in [-0.2, 0) is 14.8 Å². The third kappa shape index (κ3) is 4.76. The molecule has 1 N–H and O–H groups in total. The molecule has 0 radical (unpaired) electrons. The molecule has 1 amide bonds. The number of likely N-dealkylation sites (N-methyl/N-ethyl adjacent to an activating group) is 1. The van der Waals surface area contributed by atoms with E-state index in [-0.39, 0.29) is 23.4 Å². The Kier molecular flexibility index (Phi) is 6.10. The number of benzene rings is 2. The third-order valence-electron chi connectivity index (χ3n) is 5.11. The summed E-state index contributed by atoms with van der Waals surface area (Å²) in [6, 6.07) is 11.7. The molecule has 0 aromatic heterocycles. The first kappa shape index (κ1) is 22.1. The van der Waals surface area contributed by atoms with Gasteiger partial charge in [0.25, 0.3) is 0 Å². The zero-order chi connectivity index (χ0) is 22.1. The summed E-state index contributed by atoms with van der Waals surface area (Å²) in [5, 5.41) is 2.97. The Labute approximate surface area is 178 Å². The molecular weight excluding hydrogens is 404 g/mol. The van der Waals surface area contributed by atoms with Crippen LogP contribution < -0.4 is 14.8 Å². The van der Waals surface area contributed by atoms with Crippen LogP contribution in [0.1, 0.15) is 37.4 Å². The molecule has 8 heteroatoms. The number of ether oxygens (including phenoxy) is 2. The standard InChI is InChI=1S/C22H28N2O5S/c1-15-6-9-17(10-7-15)30(26,27)24(4)14-21(25)23-19-13-22(2,3)29-20-12-16(28-5)8-11-18(19)20/h6-12,19H,13-14H2,1-5H3,(H,23,25)/t19-/m0/s1. The van der Waals surface area contributed by atoms with Crippen LogP contribution in [0.2, 0.25) is 0 Å². The van der Waals surface area contributed by atoms with Crippen LogP contribution in [0.3, 0.4) is 0 Å². The number of nitrogens with one attached hydrogen (secondary N) is 1. The lowest BCUT2D eigenvalue weighted by Gasteiger charge is -2.38. The minimum absolute atomic E-state index is 0.160. The highest BCUT2D eigenvalue weighted by Crippen LogP contribution is 2.41. The first-order valence-corrected chi connectivity index (χ1v) is 11.2. The Morgan fingerprint density at radius 1 is 1.23 bits per heavy atom. The summed E-state index contributed by atoms with van der Waals surface area (Å²) in [5.74, 6) is 0.939. The molecule has 1 heterocycles. The number of hydrogen-bond donors (Lipinski definition) is 1. The Balaban J connectivity index is 1.75. The van der Waals surface area contributed by atoms with Gasteiger partial charge in [0.15, 0.2) is 0 Å². The van der Waals surface area contributed by atoms with E-state index in [1.807, 2.05) is 32.9 Å². The average Bonchev–Trinajstić information content (AvgIpc) is 2.66. The van der Waals surface area contributed by atoms with Crippen molar-refractivity contribution >= 4 is 15.9 Å². The monoisotopic (exact) mass is 432 g/mol. The quantitative estimate of drug-likeness (QED) is 0.758. The fraction of sp³-hybridized carbons (Fsp3) is 0.409. The van der Waals surface area contributed by atoms with Crippen molar-refractivity contribution < 1.29 is 22.7 Å². The molecule has 1 aliphatic heterocycles. The van der Waals surface area contributed by atoms with Gasteiger partial charge in [-0.1, -0.05) is 17.7 Å². The molecule has 0 spiro atoms. The molecular formula is C22H28N2O5S. The molecule has 7 nitrogen and oxygen atoms in total. The summed E-state index contributed by atoms with van der Waals surface area (Å²) in [6.07, 6.45) is 0.562. The number of hydrogen-bond acceptors (Lipinski definition) is 5. The highest BCUT2D eigenvalue weighted by molar-refractivity contribution is 7.89. The molecule has 0 saturated heterocycles. The largest absolute Gasteiger partial charge is 0.497 e. The fourth-order valence-electron chi connectivity index (χ4n) is 3.50. The summed E-state index contributed by atoms with van der Waals surface area (Å²) in [5.41, 5.74) is 1.32. The third-order valence-corrected chi connectivity index (χ3v) is 6.93. The molecule has 2 aromatic rings. The summed E-state index contributed by atoms with van der Waals surface area (Å²) in [6.45, 7) is 5.50. The Bertz CT molecular complexity index is 1030. The molecule has 0 saturated carbocycles. The van der Waals surface area contributed by atoms with E-state index >= 15 is 0 Å². The van der Waals surface area contributed by atoms with E-state index in [2.05, 4.69) is 5.32 Å². The summed E-state index contributed by atoms with van der Waals surface area (Å²) in [4.78, 5) is 12.9. The lowest BCUT2D eigenvalue weighted by molar-refractivity contribution is -0.122. The maximum atomic E-state index is 12.8. The maximum absolute atomic E-state index is 12.8. The summed E-state index contributed by atoms with van der Waals surface area (Å²) < 4.78 is 37.9. The van der Waals surface area contributed by atoms with Crippen molar-refractivity contribution in [1.29, 1.82) is 0 Å². The maximum Gasteiger partial charge on any atom is 0.243 e. The predicted octanol–water partition coefficient (Wildman–Crippen LogP) is 3.04. The average molecular weight is 433 g/mol. The zero-order valence-corrected chi connectivity index (χ0v) is 18.7. The molecule has 0 unspecified atom stereocenters. The van der Waals surface area contributed by atoms with E-state index in [0.29, 0.717) is 17.9 Å². The molecule has 162 valence electrons. The van der Waals surface area contributed by atoms with E-state index in [1.54, 1.807) is 37.4 Å². The number of methoxy groups -OCH3 is 1. The number of amides is 1. The van der Waals surface area contributed by atoms with Gasteiger partial charge in [-0.05, 0) is 45.0 Å². The van der Waals surface area contributed by atoms with Crippen LogP contribution >= 0.6 is 0 Å². The number of carbonyl (C=O) groups is 1. The van der Waals surface area contributed by atoms with Gasteiger partial charge in [0.05, 0.1) is 24.6 Å². The second-order valence-corrected chi connectivity index (χ2v) is 10.2. The second kappa shape index (κ2) is 8.28. The van der Waals surface area contributed by atoms with Crippen molar-refractivity contribution in [3.05, 3.63) is 53.6 Å². The Hall–Kier alpha value is -2.58. The van der Waals surface area contributed by atoms with Crippen molar-refractivity contribution in [3.63, 3.8) is 0 Å². The van der Waals surface area contributed by atoms with Crippen LogP contribution in [0.25, 0.3) is 0 Å². The highest BCUT2D eigenvalue weighted by Gasteiger charge is 2.35. The van der Waals surface area contributed by atoms with Gasteiger partial charge in [0.2, 0.25) is 15.9 Å². The van der Waals surface area contributed by atoms with Gasteiger partial charge in [-0.25, -0.2) is 8.42 Å². The van der Waals surface area contributed by atoms with Crippen LogP contribution in [-0.4, -0.2) is 44.9 Å². The SMILES string of the molecule is COc1ccc2c(c1)OC(C)(C)C[C@@H]2NC(=O)CN(C)S(=O)(=O)c1ccc(C)cc1. The molecule has 0 aliphatic carbocycles. The van der Waals surface area contributed by atoms with E-state index in [9.17, 15) is 13.2 Å². The smallest absolute Gasteiger partial charge is 0.243 e. The second-order valence-electron chi connectivity index (χ2n) is 8.16. The van der Waals surface area contributed by atoms with Crippen molar-refractivity contribution in [2.24, 2.45) is 0 Å². The molecule has 30 heavy (non-hydrogen) atoms. The topological polar surface area (TPSA) is 84.9 Å². The fourth-order valence-corrected chi connectivity index (χ4v) is 4.63. The van der Waals surface area contributed by atoms with Gasteiger partial charge in [-0.2, -0.15) is 4.31 Å². The zero-order valence-electron chi connectivity index (χ0n) is 17.9. The predicted molar refractivity (Wildman–Crippen MR) is 114 cm³/mol. The molecule has 3 rings (SSSR count). The normalized spacial score (nSPS) is 17.7. The first-order valence-electron chi connectivity index (χ1n) is 9.71. The number of nitrogens with zero attached hydrogens (tertiary/aromatic N) is 1. The van der Waals surface area contributed by atoms with Crippen LogP contribution in [0.4, 0.5) is 0 Å². The molecule has 0 fully saturated rings. The van der Waals surface area contributed by atoms with Crippen molar-refractivity contribution in [2.75, 3.05) is 20.7 Å². The van der Waals surface area contributed by atoms with Gasteiger partial charge >= 0.3 is 0 Å². The molecule has 0 bridgehead atoms. The summed E-state index contributed by atoms with van der Waals surface area (Å²) >= 11 is 0. The number of rotatable bonds is 6.